The van der Waals surface area contributed by atoms with Crippen LogP contribution in [0.2, 0.25) is 0 Å². The summed E-state index contributed by atoms with van der Waals surface area (Å²) in [6, 6.07) is 13.2. The predicted molar refractivity (Wildman–Crippen MR) is 124 cm³/mol. The maximum absolute atomic E-state index is 15.0. The molecule has 0 saturated heterocycles. The molecular weight excluding hydrogens is 471 g/mol. The Hall–Kier alpha value is -2.44. The molecule has 0 unspecified atom stereocenters. The highest BCUT2D eigenvalue weighted by Crippen LogP contribution is 2.39. The van der Waals surface area contributed by atoms with Gasteiger partial charge in [0.2, 0.25) is 0 Å². The Morgan fingerprint density at radius 1 is 0.794 bits per heavy atom. The zero-order valence-electron chi connectivity index (χ0n) is 18.6. The van der Waals surface area contributed by atoms with Crippen molar-refractivity contribution in [2.24, 2.45) is 0 Å². The summed E-state index contributed by atoms with van der Waals surface area (Å²) in [6.45, 7) is 2.69. The van der Waals surface area contributed by atoms with Crippen molar-refractivity contribution in [1.82, 2.24) is 0 Å². The molecule has 3 aromatic rings. The van der Waals surface area contributed by atoms with Crippen molar-refractivity contribution in [2.45, 2.75) is 50.0 Å². The predicted octanol–water partition coefficient (Wildman–Crippen LogP) is 8.79. The quantitative estimate of drug-likeness (QED) is 0.246. The third kappa shape index (κ3) is 5.28. The van der Waals surface area contributed by atoms with Gasteiger partial charge in [-0.2, -0.15) is 8.78 Å². The first-order valence-electron chi connectivity index (χ1n) is 11.3. The summed E-state index contributed by atoms with van der Waals surface area (Å²) in [5.41, 5.74) is 0.960. The van der Waals surface area contributed by atoms with Crippen LogP contribution in [0, 0.1) is 17.5 Å². The number of halogens is 6. The second-order valence-electron chi connectivity index (χ2n) is 8.56. The number of ether oxygens (including phenoxy) is 1. The first kappa shape index (κ1) is 24.7. The van der Waals surface area contributed by atoms with Crippen molar-refractivity contribution < 1.29 is 26.7 Å². The minimum atomic E-state index is -4.15. The molecule has 4 rings (SSSR count). The van der Waals surface area contributed by atoms with E-state index in [-0.39, 0.29) is 17.5 Å². The second-order valence-corrected chi connectivity index (χ2v) is 9.03. The summed E-state index contributed by atoms with van der Waals surface area (Å²) in [7, 11) is 0. The van der Waals surface area contributed by atoms with Gasteiger partial charge in [-0.25, -0.2) is 13.2 Å². The fraction of sp³-hybridized carbons (Fsp3) is 0.333. The largest absolute Gasteiger partial charge is 0.379 e. The molecule has 0 aromatic heterocycles. The van der Waals surface area contributed by atoms with Gasteiger partial charge in [0.1, 0.15) is 23.0 Å². The number of rotatable bonds is 6. The van der Waals surface area contributed by atoms with Crippen molar-refractivity contribution in [2.75, 3.05) is 6.61 Å². The van der Waals surface area contributed by atoms with E-state index in [0.717, 1.165) is 43.4 Å². The van der Waals surface area contributed by atoms with E-state index < -0.39 is 22.6 Å². The van der Waals surface area contributed by atoms with Gasteiger partial charge in [-0.1, -0.05) is 36.4 Å². The van der Waals surface area contributed by atoms with E-state index in [4.69, 9.17) is 16.3 Å². The van der Waals surface area contributed by atoms with E-state index in [1.807, 2.05) is 13.0 Å². The number of alkyl halides is 3. The molecule has 0 atom stereocenters. The van der Waals surface area contributed by atoms with Crippen LogP contribution >= 0.6 is 11.6 Å². The molecule has 0 amide bonds. The van der Waals surface area contributed by atoms with E-state index in [9.17, 15) is 22.0 Å². The Morgan fingerprint density at radius 2 is 1.38 bits per heavy atom. The topological polar surface area (TPSA) is 9.23 Å². The molecule has 180 valence electrons. The van der Waals surface area contributed by atoms with E-state index >= 15 is 0 Å². The fourth-order valence-corrected chi connectivity index (χ4v) is 4.85. The molecule has 1 nitrogen and oxygen atoms in total. The number of hydrogen-bond acceptors (Lipinski definition) is 1. The molecule has 0 heterocycles. The molecule has 1 saturated carbocycles. The highest BCUT2D eigenvalue weighted by molar-refractivity contribution is 6.21. The minimum Gasteiger partial charge on any atom is -0.379 e. The molecule has 1 aliphatic rings. The van der Waals surface area contributed by atoms with Crippen LogP contribution in [0.5, 0.6) is 0 Å². The molecular formula is C27H24ClF5O. The monoisotopic (exact) mass is 494 g/mol. The third-order valence-corrected chi connectivity index (χ3v) is 6.58. The Balaban J connectivity index is 1.52. The average Bonchev–Trinajstić information content (AvgIpc) is 2.78. The lowest BCUT2D eigenvalue weighted by Crippen LogP contribution is -2.20. The van der Waals surface area contributed by atoms with E-state index in [1.54, 1.807) is 36.4 Å². The average molecular weight is 495 g/mol. The molecule has 7 heteroatoms. The van der Waals surface area contributed by atoms with Crippen LogP contribution in [0.4, 0.5) is 22.0 Å². The molecule has 34 heavy (non-hydrogen) atoms. The van der Waals surface area contributed by atoms with Gasteiger partial charge in [-0.3, -0.25) is 0 Å². The van der Waals surface area contributed by atoms with E-state index in [1.165, 1.54) is 0 Å². The van der Waals surface area contributed by atoms with Crippen LogP contribution in [0.15, 0.2) is 54.6 Å². The first-order valence-corrected chi connectivity index (χ1v) is 11.6. The van der Waals surface area contributed by atoms with Crippen LogP contribution in [0.25, 0.3) is 22.3 Å². The lowest BCUT2D eigenvalue weighted by Gasteiger charge is -2.28. The molecule has 0 aliphatic heterocycles. The molecule has 3 aromatic carbocycles. The fourth-order valence-electron chi connectivity index (χ4n) is 4.67. The number of benzene rings is 3. The minimum absolute atomic E-state index is 0.0738. The highest BCUT2D eigenvalue weighted by Gasteiger charge is 2.35. The zero-order valence-corrected chi connectivity index (χ0v) is 19.3. The van der Waals surface area contributed by atoms with Gasteiger partial charge >= 0.3 is 5.38 Å². The normalized spacial score (nSPS) is 18.8. The van der Waals surface area contributed by atoms with Crippen molar-refractivity contribution >= 4 is 11.6 Å². The maximum Gasteiger partial charge on any atom is 0.353 e. The maximum atomic E-state index is 15.0. The van der Waals surface area contributed by atoms with Gasteiger partial charge in [0.05, 0.1) is 6.10 Å². The SMILES string of the molecule is CCOC1CCC(c2ccc(-c3ccc(-c4cc(F)c(C(F)(F)Cl)c(F)c4)cc3)c(F)c2)CC1. The third-order valence-electron chi connectivity index (χ3n) is 6.40. The smallest absolute Gasteiger partial charge is 0.353 e. The van der Waals surface area contributed by atoms with Crippen LogP contribution in [-0.4, -0.2) is 12.7 Å². The van der Waals surface area contributed by atoms with Gasteiger partial charge in [-0.05, 0) is 90.6 Å². The van der Waals surface area contributed by atoms with E-state index in [2.05, 4.69) is 0 Å². The summed E-state index contributed by atoms with van der Waals surface area (Å²) in [4.78, 5) is 0. The Kier molecular flexibility index (Phi) is 7.29. The van der Waals surface area contributed by atoms with Crippen molar-refractivity contribution in [3.8, 4) is 22.3 Å². The van der Waals surface area contributed by atoms with Gasteiger partial charge in [-0.15, -0.1) is 0 Å². The van der Waals surface area contributed by atoms with Crippen LogP contribution in [0.1, 0.15) is 49.7 Å². The Bertz CT molecular complexity index is 1130. The Morgan fingerprint density at radius 3 is 1.91 bits per heavy atom. The standard InChI is InChI=1S/C27H24ClF5O/c1-2-34-21-10-7-16(8-11-21)19-9-12-22(23(29)13-19)18-5-3-17(4-6-18)20-14-24(30)26(25(31)15-20)27(28,32)33/h3-6,9,12-16,21H,2,7-8,10-11H2,1H3. The lowest BCUT2D eigenvalue weighted by molar-refractivity contribution is 0.0328. The lowest BCUT2D eigenvalue weighted by atomic mass is 9.82. The number of hydrogen-bond donors (Lipinski definition) is 0. The molecule has 1 fully saturated rings. The van der Waals surface area contributed by atoms with Gasteiger partial charge in [0, 0.05) is 12.2 Å². The molecule has 1 aliphatic carbocycles. The van der Waals surface area contributed by atoms with Crippen molar-refractivity contribution in [3.05, 3.63) is 83.2 Å². The van der Waals surface area contributed by atoms with Crippen molar-refractivity contribution in [1.29, 1.82) is 0 Å². The summed E-state index contributed by atoms with van der Waals surface area (Å²) in [5, 5.41) is -4.15. The first-order chi connectivity index (χ1) is 16.2. The summed E-state index contributed by atoms with van der Waals surface area (Å²) in [5.74, 6) is -2.91. The van der Waals surface area contributed by atoms with Gasteiger partial charge in [0.15, 0.2) is 0 Å². The molecule has 0 radical (unpaired) electrons. The summed E-state index contributed by atoms with van der Waals surface area (Å²) in [6.07, 6.45) is 4.13. The highest BCUT2D eigenvalue weighted by atomic mass is 35.5. The Labute approximate surface area is 200 Å². The van der Waals surface area contributed by atoms with Gasteiger partial charge < -0.3 is 4.74 Å². The van der Waals surface area contributed by atoms with Crippen LogP contribution in [-0.2, 0) is 10.1 Å². The van der Waals surface area contributed by atoms with Crippen LogP contribution < -0.4 is 0 Å². The second kappa shape index (κ2) is 10.0. The molecule has 0 spiro atoms. The van der Waals surface area contributed by atoms with Crippen molar-refractivity contribution in [3.63, 3.8) is 0 Å². The molecule has 0 bridgehead atoms. The van der Waals surface area contributed by atoms with E-state index in [0.29, 0.717) is 29.2 Å². The van der Waals surface area contributed by atoms with Gasteiger partial charge in [0.25, 0.3) is 0 Å². The van der Waals surface area contributed by atoms with Crippen LogP contribution in [0.3, 0.4) is 0 Å². The summed E-state index contributed by atoms with van der Waals surface area (Å²) >= 11 is 4.80. The zero-order chi connectivity index (χ0) is 24.5. The molecule has 0 N–H and O–H groups in total. The summed E-state index contributed by atoms with van der Waals surface area (Å²) < 4.78 is 75.3.